The van der Waals surface area contributed by atoms with Gasteiger partial charge in [-0.3, -0.25) is 4.79 Å². The van der Waals surface area contributed by atoms with Crippen molar-refractivity contribution in [2.75, 3.05) is 11.2 Å². The Morgan fingerprint density at radius 1 is 1.13 bits per heavy atom. The summed E-state index contributed by atoms with van der Waals surface area (Å²) >= 11 is 1.23. The van der Waals surface area contributed by atoms with Crippen molar-refractivity contribution in [3.63, 3.8) is 0 Å². The largest absolute Gasteiger partial charge is 0.335 e. The van der Waals surface area contributed by atoms with Crippen LogP contribution in [-0.2, 0) is 10.2 Å². The van der Waals surface area contributed by atoms with Crippen LogP contribution < -0.4 is 11.2 Å². The lowest BCUT2D eigenvalue weighted by Gasteiger charge is -2.19. The Morgan fingerprint density at radius 3 is 2.33 bits per heavy atom. The molecule has 8 heteroatoms. The van der Waals surface area contributed by atoms with E-state index in [1.165, 1.54) is 22.0 Å². The first kappa shape index (κ1) is 21.4. The first-order chi connectivity index (χ1) is 14.2. The summed E-state index contributed by atoms with van der Waals surface area (Å²) in [7, 11) is 0. The summed E-state index contributed by atoms with van der Waals surface area (Å²) in [4.78, 5) is 12.5. The van der Waals surface area contributed by atoms with E-state index in [-0.39, 0.29) is 11.3 Å². The van der Waals surface area contributed by atoms with Gasteiger partial charge in [-0.1, -0.05) is 56.8 Å². The monoisotopic (exact) mass is 420 g/mol. The summed E-state index contributed by atoms with van der Waals surface area (Å²) in [5, 5.41) is 20.0. The van der Waals surface area contributed by atoms with E-state index in [0.29, 0.717) is 22.2 Å². The third-order valence-electron chi connectivity index (χ3n) is 4.61. The van der Waals surface area contributed by atoms with Crippen molar-refractivity contribution in [1.29, 1.82) is 5.26 Å². The van der Waals surface area contributed by atoms with E-state index in [4.69, 9.17) is 11.1 Å². The fraction of sp³-hybridized carbons (Fsp3) is 0.273. The van der Waals surface area contributed by atoms with Crippen LogP contribution in [0.5, 0.6) is 0 Å². The third kappa shape index (κ3) is 4.81. The average molecular weight is 421 g/mol. The molecule has 154 valence electrons. The van der Waals surface area contributed by atoms with E-state index in [1.807, 2.05) is 18.2 Å². The van der Waals surface area contributed by atoms with Gasteiger partial charge < -0.3 is 11.2 Å². The lowest BCUT2D eigenvalue weighted by molar-refractivity contribution is -0.115. The van der Waals surface area contributed by atoms with E-state index in [9.17, 15) is 4.79 Å². The highest BCUT2D eigenvalue weighted by Crippen LogP contribution is 2.28. The van der Waals surface area contributed by atoms with Gasteiger partial charge in [0.1, 0.15) is 0 Å². The number of nitrogens with one attached hydrogen (secondary N) is 1. The van der Waals surface area contributed by atoms with E-state index in [2.05, 4.69) is 48.4 Å². The molecule has 0 aliphatic heterocycles. The number of aromatic nitrogens is 3. The molecule has 0 aliphatic rings. The molecule has 1 amide bonds. The van der Waals surface area contributed by atoms with Gasteiger partial charge in [-0.15, -0.1) is 10.2 Å². The van der Waals surface area contributed by atoms with E-state index in [0.717, 1.165) is 5.56 Å². The van der Waals surface area contributed by atoms with E-state index < -0.39 is 5.25 Å². The van der Waals surface area contributed by atoms with Crippen molar-refractivity contribution in [3.8, 4) is 17.5 Å². The molecular weight excluding hydrogens is 396 g/mol. The zero-order chi connectivity index (χ0) is 21.9. The average Bonchev–Trinajstić information content (AvgIpc) is 3.08. The summed E-state index contributed by atoms with van der Waals surface area (Å²) in [6, 6.07) is 16.8. The van der Waals surface area contributed by atoms with Crippen LogP contribution in [0.2, 0.25) is 0 Å². The molecule has 3 N–H and O–H groups in total. The van der Waals surface area contributed by atoms with Crippen LogP contribution in [0, 0.1) is 11.3 Å². The minimum atomic E-state index is -0.441. The van der Waals surface area contributed by atoms with Crippen LogP contribution in [0.3, 0.4) is 0 Å². The molecule has 2 aromatic carbocycles. The fourth-order valence-corrected chi connectivity index (χ4v) is 3.53. The Labute approximate surface area is 180 Å². The SMILES string of the molecule is CC(Sc1nnc(-c2ccc(C(C)(C)C)cc2)n1N)C(=O)Nc1ccc(C#N)cc1. The third-order valence-corrected chi connectivity index (χ3v) is 5.66. The predicted molar refractivity (Wildman–Crippen MR) is 119 cm³/mol. The Morgan fingerprint density at radius 2 is 1.77 bits per heavy atom. The summed E-state index contributed by atoms with van der Waals surface area (Å²) in [5.74, 6) is 6.55. The first-order valence-corrected chi connectivity index (χ1v) is 10.4. The maximum absolute atomic E-state index is 12.5. The number of anilines is 1. The molecule has 1 unspecified atom stereocenters. The van der Waals surface area contributed by atoms with Crippen LogP contribution in [0.4, 0.5) is 5.69 Å². The smallest absolute Gasteiger partial charge is 0.237 e. The molecular formula is C22H24N6OS. The molecule has 0 spiro atoms. The highest BCUT2D eigenvalue weighted by Gasteiger charge is 2.21. The Balaban J connectivity index is 1.69. The van der Waals surface area contributed by atoms with Gasteiger partial charge in [-0.2, -0.15) is 5.26 Å². The number of hydrogen-bond donors (Lipinski definition) is 2. The second-order valence-electron chi connectivity index (χ2n) is 7.94. The number of carbonyl (C=O) groups excluding carboxylic acids is 1. The number of nitrogen functional groups attached to an aromatic ring is 1. The van der Waals surface area contributed by atoms with Gasteiger partial charge in [0.15, 0.2) is 5.82 Å². The highest BCUT2D eigenvalue weighted by molar-refractivity contribution is 8.00. The van der Waals surface area contributed by atoms with Crippen molar-refractivity contribution in [2.45, 2.75) is 43.5 Å². The van der Waals surface area contributed by atoms with Gasteiger partial charge in [0.2, 0.25) is 11.1 Å². The van der Waals surface area contributed by atoms with Crippen molar-refractivity contribution >= 4 is 23.4 Å². The van der Waals surface area contributed by atoms with Gasteiger partial charge in [0.05, 0.1) is 16.9 Å². The molecule has 3 rings (SSSR count). The molecule has 30 heavy (non-hydrogen) atoms. The zero-order valence-electron chi connectivity index (χ0n) is 17.4. The predicted octanol–water partition coefficient (Wildman–Crippen LogP) is 3.95. The quantitative estimate of drug-likeness (QED) is 0.478. The first-order valence-electron chi connectivity index (χ1n) is 9.48. The molecule has 0 saturated heterocycles. The molecule has 7 nitrogen and oxygen atoms in total. The van der Waals surface area contributed by atoms with Gasteiger partial charge >= 0.3 is 0 Å². The van der Waals surface area contributed by atoms with E-state index >= 15 is 0 Å². The highest BCUT2D eigenvalue weighted by atomic mass is 32.2. The number of nitrogens with zero attached hydrogens (tertiary/aromatic N) is 4. The summed E-state index contributed by atoms with van der Waals surface area (Å²) in [5.41, 5.74) is 3.31. The molecule has 0 bridgehead atoms. The zero-order valence-corrected chi connectivity index (χ0v) is 18.2. The minimum absolute atomic E-state index is 0.0631. The second kappa shape index (κ2) is 8.59. The number of carbonyl (C=O) groups is 1. The lowest BCUT2D eigenvalue weighted by atomic mass is 9.87. The molecule has 0 saturated carbocycles. The molecule has 0 aliphatic carbocycles. The Bertz CT molecular complexity index is 1070. The molecule has 3 aromatic rings. The van der Waals surface area contributed by atoms with Gasteiger partial charge in [0, 0.05) is 11.3 Å². The molecule has 1 aromatic heterocycles. The summed E-state index contributed by atoms with van der Waals surface area (Å²) in [6.45, 7) is 8.25. The Kier molecular flexibility index (Phi) is 6.13. The van der Waals surface area contributed by atoms with Crippen LogP contribution >= 0.6 is 11.8 Å². The van der Waals surface area contributed by atoms with Crippen molar-refractivity contribution in [3.05, 3.63) is 59.7 Å². The van der Waals surface area contributed by atoms with Gasteiger partial charge in [-0.05, 0) is 42.2 Å². The van der Waals surface area contributed by atoms with Crippen LogP contribution in [0.25, 0.3) is 11.4 Å². The number of hydrogen-bond acceptors (Lipinski definition) is 6. The normalized spacial score (nSPS) is 12.2. The molecule has 1 atom stereocenters. The second-order valence-corrected chi connectivity index (χ2v) is 9.25. The number of rotatable bonds is 5. The van der Waals surface area contributed by atoms with Crippen molar-refractivity contribution in [1.82, 2.24) is 14.9 Å². The Hall–Kier alpha value is -3.31. The summed E-state index contributed by atoms with van der Waals surface area (Å²) < 4.78 is 1.41. The lowest BCUT2D eigenvalue weighted by Crippen LogP contribution is -2.23. The van der Waals surface area contributed by atoms with Crippen LogP contribution in [0.1, 0.15) is 38.8 Å². The number of amides is 1. The number of benzene rings is 2. The molecule has 1 heterocycles. The number of nitriles is 1. The van der Waals surface area contributed by atoms with E-state index in [1.54, 1.807) is 31.2 Å². The fourth-order valence-electron chi connectivity index (χ4n) is 2.76. The standard InChI is InChI=1S/C22H24N6OS/c1-14(20(29)25-18-11-5-15(13-23)6-12-18)30-21-27-26-19(28(21)24)16-7-9-17(10-8-16)22(2,3)4/h5-12,14H,24H2,1-4H3,(H,25,29). The molecule has 0 radical (unpaired) electrons. The number of thioether (sulfide) groups is 1. The van der Waals surface area contributed by atoms with Crippen molar-refractivity contribution < 1.29 is 4.79 Å². The van der Waals surface area contributed by atoms with Crippen LogP contribution in [-0.4, -0.2) is 26.0 Å². The van der Waals surface area contributed by atoms with Crippen LogP contribution in [0.15, 0.2) is 53.7 Å². The van der Waals surface area contributed by atoms with Gasteiger partial charge in [0.25, 0.3) is 0 Å². The topological polar surface area (TPSA) is 110 Å². The van der Waals surface area contributed by atoms with Gasteiger partial charge in [-0.25, -0.2) is 4.68 Å². The molecule has 0 fully saturated rings. The maximum atomic E-state index is 12.5. The van der Waals surface area contributed by atoms with Crippen molar-refractivity contribution in [2.24, 2.45) is 0 Å². The maximum Gasteiger partial charge on any atom is 0.237 e. The minimum Gasteiger partial charge on any atom is -0.335 e. The number of nitrogens with two attached hydrogens (primary N) is 1. The summed E-state index contributed by atoms with van der Waals surface area (Å²) in [6.07, 6.45) is 0.